The van der Waals surface area contributed by atoms with Crippen LogP contribution in [0.4, 0.5) is 10.8 Å². The fourth-order valence-corrected chi connectivity index (χ4v) is 5.03. The number of carbonyl (C=O) groups is 2. The molecule has 2 aromatic heterocycles. The molecule has 180 valence electrons. The second kappa shape index (κ2) is 10.2. The predicted molar refractivity (Wildman–Crippen MR) is 132 cm³/mol. The van der Waals surface area contributed by atoms with E-state index in [1.807, 2.05) is 30.9 Å². The van der Waals surface area contributed by atoms with Gasteiger partial charge in [-0.1, -0.05) is 17.4 Å². The third-order valence-corrected chi connectivity index (χ3v) is 6.82. The van der Waals surface area contributed by atoms with Crippen molar-refractivity contribution < 1.29 is 14.3 Å². The lowest BCUT2D eigenvalue weighted by atomic mass is 9.97. The van der Waals surface area contributed by atoms with Gasteiger partial charge in [-0.05, 0) is 44.4 Å². The number of piperidine rings is 1. The summed E-state index contributed by atoms with van der Waals surface area (Å²) < 4.78 is 6.96. The van der Waals surface area contributed by atoms with Crippen molar-refractivity contribution in [3.63, 3.8) is 0 Å². The Bertz CT molecular complexity index is 1270. The van der Waals surface area contributed by atoms with Crippen LogP contribution in [0, 0.1) is 12.8 Å². The van der Waals surface area contributed by atoms with E-state index in [9.17, 15) is 14.4 Å². The number of anilines is 2. The molecule has 4 rings (SSSR count). The van der Waals surface area contributed by atoms with Gasteiger partial charge < -0.3 is 20.3 Å². The molecule has 1 aliphatic heterocycles. The predicted octanol–water partition coefficient (Wildman–Crippen LogP) is 2.16. The lowest BCUT2D eigenvalue weighted by molar-refractivity contribution is -0.125. The van der Waals surface area contributed by atoms with E-state index >= 15 is 0 Å². The Morgan fingerprint density at radius 3 is 2.91 bits per heavy atom. The van der Waals surface area contributed by atoms with Crippen molar-refractivity contribution in [1.29, 1.82) is 0 Å². The first-order chi connectivity index (χ1) is 16.4. The maximum atomic E-state index is 13.1. The van der Waals surface area contributed by atoms with E-state index in [4.69, 9.17) is 4.74 Å². The Hall–Kier alpha value is -3.47. The van der Waals surface area contributed by atoms with Crippen LogP contribution < -0.4 is 25.8 Å². The standard InChI is InChI=1S/C23H28N6O4S/c1-4-24-21(31)15-6-5-9-28(11-15)23-27-20-19(34-23)22(32)29(13-25-20)12-18(30)26-16-10-14(2)7-8-17(16)33-3/h7-8,10,13,15H,4-6,9,11-12H2,1-3H3,(H,24,31)(H,26,30)/t15-/m0/s1. The number of nitrogens with zero attached hydrogens (tertiary/aromatic N) is 4. The molecular formula is C23H28N6O4S. The van der Waals surface area contributed by atoms with E-state index in [1.54, 1.807) is 6.07 Å². The molecule has 34 heavy (non-hydrogen) atoms. The molecule has 0 unspecified atom stereocenters. The maximum Gasteiger partial charge on any atom is 0.273 e. The number of hydrogen-bond donors (Lipinski definition) is 2. The van der Waals surface area contributed by atoms with Crippen LogP contribution >= 0.6 is 11.3 Å². The summed E-state index contributed by atoms with van der Waals surface area (Å²) in [5, 5.41) is 6.35. The Morgan fingerprint density at radius 2 is 2.15 bits per heavy atom. The molecule has 0 bridgehead atoms. The van der Waals surface area contributed by atoms with E-state index in [1.165, 1.54) is 29.3 Å². The van der Waals surface area contributed by atoms with Gasteiger partial charge in [0.2, 0.25) is 11.8 Å². The number of methoxy groups -OCH3 is 1. The molecule has 0 aliphatic carbocycles. The summed E-state index contributed by atoms with van der Waals surface area (Å²) in [7, 11) is 1.53. The summed E-state index contributed by atoms with van der Waals surface area (Å²) in [5.41, 5.74) is 1.54. The summed E-state index contributed by atoms with van der Waals surface area (Å²) in [6, 6.07) is 5.47. The molecule has 3 aromatic rings. The van der Waals surface area contributed by atoms with Crippen LogP contribution in [0.3, 0.4) is 0 Å². The van der Waals surface area contributed by atoms with E-state index in [0.29, 0.717) is 40.0 Å². The quantitative estimate of drug-likeness (QED) is 0.528. The lowest BCUT2D eigenvalue weighted by Gasteiger charge is -2.31. The van der Waals surface area contributed by atoms with Crippen molar-refractivity contribution in [3.05, 3.63) is 40.4 Å². The number of aryl methyl sites for hydroxylation is 1. The number of nitrogens with one attached hydrogen (secondary N) is 2. The van der Waals surface area contributed by atoms with Crippen molar-refractivity contribution >= 4 is 44.3 Å². The minimum absolute atomic E-state index is 0.0463. The van der Waals surface area contributed by atoms with Gasteiger partial charge in [-0.2, -0.15) is 4.98 Å². The Balaban J connectivity index is 1.51. The number of ether oxygens (including phenoxy) is 1. The summed E-state index contributed by atoms with van der Waals surface area (Å²) in [4.78, 5) is 48.8. The monoisotopic (exact) mass is 484 g/mol. The van der Waals surface area contributed by atoms with Gasteiger partial charge in [0.25, 0.3) is 5.56 Å². The Kier molecular flexibility index (Phi) is 7.11. The van der Waals surface area contributed by atoms with Gasteiger partial charge in [-0.25, -0.2) is 4.98 Å². The Morgan fingerprint density at radius 1 is 1.32 bits per heavy atom. The zero-order chi connectivity index (χ0) is 24.2. The lowest BCUT2D eigenvalue weighted by Crippen LogP contribution is -2.43. The van der Waals surface area contributed by atoms with Crippen LogP contribution in [0.25, 0.3) is 10.3 Å². The first-order valence-electron chi connectivity index (χ1n) is 11.2. The molecule has 2 N–H and O–H groups in total. The molecule has 11 heteroatoms. The molecule has 1 aliphatic rings. The summed E-state index contributed by atoms with van der Waals surface area (Å²) in [6.07, 6.45) is 3.05. The number of fused-ring (bicyclic) bond motifs is 1. The van der Waals surface area contributed by atoms with Crippen molar-refractivity contribution in [1.82, 2.24) is 19.9 Å². The highest BCUT2D eigenvalue weighted by Gasteiger charge is 2.27. The maximum absolute atomic E-state index is 13.1. The average molecular weight is 485 g/mol. The molecule has 0 saturated carbocycles. The SMILES string of the molecule is CCNC(=O)[C@H]1CCCN(c2nc3ncn(CC(=O)Nc4cc(C)ccc4OC)c(=O)c3s2)C1. The topological polar surface area (TPSA) is 118 Å². The van der Waals surface area contributed by atoms with Crippen LogP contribution in [0.15, 0.2) is 29.3 Å². The van der Waals surface area contributed by atoms with E-state index in [-0.39, 0.29) is 29.8 Å². The zero-order valence-electron chi connectivity index (χ0n) is 19.5. The first kappa shape index (κ1) is 23.7. The first-order valence-corrected chi connectivity index (χ1v) is 12.0. The number of amides is 2. The van der Waals surface area contributed by atoms with Gasteiger partial charge in [0.05, 0.1) is 18.7 Å². The van der Waals surface area contributed by atoms with E-state index in [0.717, 1.165) is 24.9 Å². The average Bonchev–Trinajstić information content (AvgIpc) is 3.27. The summed E-state index contributed by atoms with van der Waals surface area (Å²) in [6.45, 7) is 5.56. The third-order valence-electron chi connectivity index (χ3n) is 5.73. The molecule has 1 atom stereocenters. The minimum atomic E-state index is -0.363. The number of thiazole rings is 1. The van der Waals surface area contributed by atoms with Crippen molar-refractivity contribution in [2.45, 2.75) is 33.2 Å². The number of hydrogen-bond acceptors (Lipinski definition) is 8. The highest BCUT2D eigenvalue weighted by molar-refractivity contribution is 7.22. The van der Waals surface area contributed by atoms with Gasteiger partial charge in [-0.3, -0.25) is 19.0 Å². The van der Waals surface area contributed by atoms with Crippen molar-refractivity contribution in [2.24, 2.45) is 5.92 Å². The molecular weight excluding hydrogens is 456 g/mol. The van der Waals surface area contributed by atoms with Gasteiger partial charge in [-0.15, -0.1) is 0 Å². The normalized spacial score (nSPS) is 15.9. The number of benzene rings is 1. The smallest absolute Gasteiger partial charge is 0.273 e. The van der Waals surface area contributed by atoms with Crippen LogP contribution in [0.5, 0.6) is 5.75 Å². The van der Waals surface area contributed by atoms with Crippen LogP contribution in [-0.2, 0) is 16.1 Å². The fourth-order valence-electron chi connectivity index (χ4n) is 4.03. The zero-order valence-corrected chi connectivity index (χ0v) is 20.3. The molecule has 2 amide bonds. The van der Waals surface area contributed by atoms with Gasteiger partial charge in [0, 0.05) is 19.6 Å². The van der Waals surface area contributed by atoms with Crippen molar-refractivity contribution in [2.75, 3.05) is 37.0 Å². The van der Waals surface area contributed by atoms with Crippen LogP contribution in [-0.4, -0.2) is 53.1 Å². The van der Waals surface area contributed by atoms with Gasteiger partial charge in [0.15, 0.2) is 10.8 Å². The molecule has 10 nitrogen and oxygen atoms in total. The number of rotatable bonds is 7. The highest BCUT2D eigenvalue weighted by atomic mass is 32.1. The molecule has 1 fully saturated rings. The fraction of sp³-hybridized carbons (Fsp3) is 0.435. The number of aromatic nitrogens is 3. The Labute approximate surface area is 201 Å². The second-order valence-corrected chi connectivity index (χ2v) is 9.24. The second-order valence-electron chi connectivity index (χ2n) is 8.26. The molecule has 1 aromatic carbocycles. The third kappa shape index (κ3) is 5.04. The van der Waals surface area contributed by atoms with Gasteiger partial charge in [0.1, 0.15) is 23.3 Å². The van der Waals surface area contributed by atoms with Crippen LogP contribution in [0.1, 0.15) is 25.3 Å². The van der Waals surface area contributed by atoms with E-state index < -0.39 is 0 Å². The molecule has 0 radical (unpaired) electrons. The molecule has 1 saturated heterocycles. The van der Waals surface area contributed by atoms with Crippen molar-refractivity contribution in [3.8, 4) is 5.75 Å². The largest absolute Gasteiger partial charge is 0.495 e. The number of carbonyl (C=O) groups excluding carboxylic acids is 2. The minimum Gasteiger partial charge on any atom is -0.495 e. The summed E-state index contributed by atoms with van der Waals surface area (Å²) in [5.74, 6) is 0.120. The molecule has 0 spiro atoms. The highest BCUT2D eigenvalue weighted by Crippen LogP contribution is 2.29. The summed E-state index contributed by atoms with van der Waals surface area (Å²) >= 11 is 1.25. The molecule has 3 heterocycles. The van der Waals surface area contributed by atoms with Crippen LogP contribution in [0.2, 0.25) is 0 Å². The van der Waals surface area contributed by atoms with E-state index in [2.05, 4.69) is 20.6 Å². The van der Waals surface area contributed by atoms with Gasteiger partial charge >= 0.3 is 0 Å².